The predicted molar refractivity (Wildman–Crippen MR) is 241 cm³/mol. The van der Waals surface area contributed by atoms with Gasteiger partial charge in [-0.1, -0.05) is 159 Å². The second kappa shape index (κ2) is 13.0. The molecular formula is C55H40N2. The molecule has 1 aliphatic rings. The zero-order chi connectivity index (χ0) is 38.1. The van der Waals surface area contributed by atoms with Crippen molar-refractivity contribution < 1.29 is 0 Å². The molecule has 2 heteroatoms. The lowest BCUT2D eigenvalue weighted by Crippen LogP contribution is -2.15. The van der Waals surface area contributed by atoms with Gasteiger partial charge in [-0.05, 0) is 116 Å². The maximum absolute atomic E-state index is 2.42. The van der Waals surface area contributed by atoms with E-state index in [9.17, 15) is 0 Å². The summed E-state index contributed by atoms with van der Waals surface area (Å²) in [7, 11) is 0. The smallest absolute Gasteiger partial charge is 0.0541 e. The molecule has 2 nitrogen and oxygen atoms in total. The van der Waals surface area contributed by atoms with E-state index in [1.165, 1.54) is 77.1 Å². The highest BCUT2D eigenvalue weighted by atomic mass is 15.1. The molecule has 0 bridgehead atoms. The number of fused-ring (bicyclic) bond motifs is 7. The summed E-state index contributed by atoms with van der Waals surface area (Å²) in [5.41, 5.74) is 17.1. The van der Waals surface area contributed by atoms with E-state index in [1.807, 2.05) is 0 Å². The second-order valence-electron chi connectivity index (χ2n) is 15.8. The standard InChI is InChI=1S/C55H40N2/c1-55(2)51-21-11-8-18-46(51)50-35-43(32-33-52(50)55)56(41-28-24-38(25-29-41)37-14-4-3-5-15-37)42-30-26-39(27-31-42)49-36-44(34-40-16-6-7-17-45(40)49)57-53-22-12-9-19-47(53)48-20-10-13-23-54(48)57/h3-36H,1-2H3. The van der Waals surface area contributed by atoms with Crippen LogP contribution in [-0.4, -0.2) is 4.57 Å². The number of hydrogen-bond donors (Lipinski definition) is 0. The second-order valence-corrected chi connectivity index (χ2v) is 15.8. The average Bonchev–Trinajstić information content (AvgIpc) is 3.72. The molecule has 0 saturated carbocycles. The predicted octanol–water partition coefficient (Wildman–Crippen LogP) is 15.0. The van der Waals surface area contributed by atoms with E-state index in [2.05, 4.69) is 230 Å². The van der Waals surface area contributed by atoms with Gasteiger partial charge in [0.15, 0.2) is 0 Å². The molecule has 0 amide bonds. The zero-order valence-corrected chi connectivity index (χ0v) is 32.0. The highest BCUT2D eigenvalue weighted by molar-refractivity contribution is 6.10. The number of hydrogen-bond acceptors (Lipinski definition) is 1. The summed E-state index contributed by atoms with van der Waals surface area (Å²) >= 11 is 0. The maximum atomic E-state index is 2.42. The summed E-state index contributed by atoms with van der Waals surface area (Å²) in [6, 6.07) is 75.6. The third kappa shape index (κ3) is 5.33. The lowest BCUT2D eigenvalue weighted by atomic mass is 9.82. The van der Waals surface area contributed by atoms with Gasteiger partial charge in [0.25, 0.3) is 0 Å². The molecule has 1 aliphatic carbocycles. The lowest BCUT2D eigenvalue weighted by molar-refractivity contribution is 0.660. The minimum atomic E-state index is -0.0508. The topological polar surface area (TPSA) is 8.17 Å². The third-order valence-corrected chi connectivity index (χ3v) is 12.2. The molecule has 10 aromatic rings. The number of para-hydroxylation sites is 2. The van der Waals surface area contributed by atoms with Crippen molar-refractivity contribution >= 4 is 49.6 Å². The molecule has 0 atom stereocenters. The fourth-order valence-electron chi connectivity index (χ4n) is 9.38. The number of benzene rings is 9. The van der Waals surface area contributed by atoms with Gasteiger partial charge >= 0.3 is 0 Å². The molecule has 0 spiro atoms. The summed E-state index contributed by atoms with van der Waals surface area (Å²) in [5.74, 6) is 0. The highest BCUT2D eigenvalue weighted by Gasteiger charge is 2.35. The number of aromatic nitrogens is 1. The van der Waals surface area contributed by atoms with Gasteiger partial charge in [0.2, 0.25) is 0 Å². The fraction of sp³-hybridized carbons (Fsp3) is 0.0545. The van der Waals surface area contributed by atoms with Gasteiger partial charge < -0.3 is 9.47 Å². The molecule has 0 saturated heterocycles. The van der Waals surface area contributed by atoms with Crippen LogP contribution in [0.5, 0.6) is 0 Å². The number of rotatable bonds is 6. The van der Waals surface area contributed by atoms with Gasteiger partial charge in [-0.2, -0.15) is 0 Å². The quantitative estimate of drug-likeness (QED) is 0.165. The molecule has 1 heterocycles. The van der Waals surface area contributed by atoms with Crippen LogP contribution in [0.3, 0.4) is 0 Å². The Morgan fingerprint density at radius 2 is 0.895 bits per heavy atom. The molecule has 0 fully saturated rings. The first-order valence-electron chi connectivity index (χ1n) is 19.8. The van der Waals surface area contributed by atoms with E-state index in [-0.39, 0.29) is 5.41 Å². The van der Waals surface area contributed by atoms with Crippen molar-refractivity contribution in [1.29, 1.82) is 0 Å². The molecule has 0 aliphatic heterocycles. The molecule has 1 aromatic heterocycles. The molecular weight excluding hydrogens is 689 g/mol. The summed E-state index contributed by atoms with van der Waals surface area (Å²) in [4.78, 5) is 2.40. The Hall–Kier alpha value is -7.16. The SMILES string of the molecule is CC1(C)c2ccccc2-c2cc(N(c3ccc(-c4ccccc4)cc3)c3ccc(-c4cc(-n5c6ccccc6c6ccccc65)cc5ccccc45)cc3)ccc21. The van der Waals surface area contributed by atoms with Crippen molar-refractivity contribution in [2.24, 2.45) is 0 Å². The zero-order valence-electron chi connectivity index (χ0n) is 32.0. The normalized spacial score (nSPS) is 12.9. The van der Waals surface area contributed by atoms with Crippen LogP contribution < -0.4 is 4.90 Å². The van der Waals surface area contributed by atoms with Crippen LogP contribution in [0, 0.1) is 0 Å². The Kier molecular flexibility index (Phi) is 7.55. The van der Waals surface area contributed by atoms with Gasteiger partial charge in [-0.25, -0.2) is 0 Å². The van der Waals surface area contributed by atoms with Gasteiger partial charge in [0.05, 0.1) is 11.0 Å². The van der Waals surface area contributed by atoms with Crippen LogP contribution in [0.1, 0.15) is 25.0 Å². The van der Waals surface area contributed by atoms with Crippen LogP contribution in [0.25, 0.3) is 71.6 Å². The monoisotopic (exact) mass is 728 g/mol. The van der Waals surface area contributed by atoms with Crippen molar-refractivity contribution in [3.05, 3.63) is 217 Å². The number of anilines is 3. The third-order valence-electron chi connectivity index (χ3n) is 12.2. The summed E-state index contributed by atoms with van der Waals surface area (Å²) < 4.78 is 2.42. The molecule has 0 unspecified atom stereocenters. The van der Waals surface area contributed by atoms with E-state index in [0.717, 1.165) is 22.7 Å². The van der Waals surface area contributed by atoms with Crippen LogP contribution >= 0.6 is 0 Å². The van der Waals surface area contributed by atoms with Crippen molar-refractivity contribution in [1.82, 2.24) is 4.57 Å². The van der Waals surface area contributed by atoms with E-state index in [1.54, 1.807) is 0 Å². The summed E-state index contributed by atoms with van der Waals surface area (Å²) in [6.07, 6.45) is 0. The fourth-order valence-corrected chi connectivity index (χ4v) is 9.38. The van der Waals surface area contributed by atoms with Crippen LogP contribution in [-0.2, 0) is 5.41 Å². The van der Waals surface area contributed by atoms with E-state index < -0.39 is 0 Å². The Labute approximate surface area is 333 Å². The largest absolute Gasteiger partial charge is 0.310 e. The minimum absolute atomic E-state index is 0.0508. The Morgan fingerprint density at radius 1 is 0.368 bits per heavy atom. The van der Waals surface area contributed by atoms with E-state index >= 15 is 0 Å². The highest BCUT2D eigenvalue weighted by Crippen LogP contribution is 2.51. The first-order chi connectivity index (χ1) is 28.0. The maximum Gasteiger partial charge on any atom is 0.0541 e. The average molecular weight is 729 g/mol. The Morgan fingerprint density at radius 3 is 1.60 bits per heavy atom. The Balaban J connectivity index is 1.06. The van der Waals surface area contributed by atoms with Gasteiger partial charge in [-0.15, -0.1) is 0 Å². The lowest BCUT2D eigenvalue weighted by Gasteiger charge is -2.27. The molecule has 11 rings (SSSR count). The molecule has 57 heavy (non-hydrogen) atoms. The van der Waals surface area contributed by atoms with Gasteiger partial charge in [0.1, 0.15) is 0 Å². The van der Waals surface area contributed by atoms with Crippen molar-refractivity contribution in [2.45, 2.75) is 19.3 Å². The molecule has 0 radical (unpaired) electrons. The van der Waals surface area contributed by atoms with E-state index in [0.29, 0.717) is 0 Å². The summed E-state index contributed by atoms with van der Waals surface area (Å²) in [5, 5.41) is 4.99. The van der Waals surface area contributed by atoms with Crippen LogP contribution in [0.2, 0.25) is 0 Å². The van der Waals surface area contributed by atoms with Crippen molar-refractivity contribution in [3.8, 4) is 39.1 Å². The molecule has 0 N–H and O–H groups in total. The Bertz CT molecular complexity index is 3080. The number of nitrogens with zero attached hydrogens (tertiary/aromatic N) is 2. The van der Waals surface area contributed by atoms with Crippen LogP contribution in [0.4, 0.5) is 17.1 Å². The first kappa shape index (κ1) is 33.2. The van der Waals surface area contributed by atoms with Crippen molar-refractivity contribution in [2.75, 3.05) is 4.90 Å². The van der Waals surface area contributed by atoms with Crippen LogP contribution in [0.15, 0.2) is 206 Å². The molecule has 270 valence electrons. The van der Waals surface area contributed by atoms with Gasteiger partial charge in [-0.3, -0.25) is 0 Å². The van der Waals surface area contributed by atoms with E-state index in [4.69, 9.17) is 0 Å². The molecule has 9 aromatic carbocycles. The summed E-state index contributed by atoms with van der Waals surface area (Å²) in [6.45, 7) is 4.69. The first-order valence-corrected chi connectivity index (χ1v) is 19.8. The van der Waals surface area contributed by atoms with Gasteiger partial charge in [0, 0.05) is 38.9 Å². The van der Waals surface area contributed by atoms with Crippen molar-refractivity contribution in [3.63, 3.8) is 0 Å². The minimum Gasteiger partial charge on any atom is -0.310 e.